The van der Waals surface area contributed by atoms with Crippen LogP contribution in [-0.2, 0) is 20.9 Å². The number of imide groups is 1. The summed E-state index contributed by atoms with van der Waals surface area (Å²) in [5, 5.41) is 2.33. The Morgan fingerprint density at radius 3 is 2.42 bits per heavy atom. The molecule has 3 heterocycles. The fourth-order valence-electron chi connectivity index (χ4n) is 6.00. The zero-order valence-corrected chi connectivity index (χ0v) is 23.3. The van der Waals surface area contributed by atoms with Crippen molar-refractivity contribution in [3.8, 4) is 11.8 Å². The zero-order valence-electron chi connectivity index (χ0n) is 23.3. The summed E-state index contributed by atoms with van der Waals surface area (Å²) in [7, 11) is 0. The maximum Gasteiger partial charge on any atom is 0.249 e. The minimum Gasteiger partial charge on any atom is -0.371 e. The Labute approximate surface area is 237 Å². The molecule has 0 spiro atoms. The number of piperidine rings is 2. The van der Waals surface area contributed by atoms with E-state index in [1.807, 2.05) is 25.1 Å². The summed E-state index contributed by atoms with van der Waals surface area (Å²) in [4.78, 5) is 44.6. The molecule has 3 aliphatic heterocycles. The van der Waals surface area contributed by atoms with E-state index >= 15 is 0 Å². The monoisotopic (exact) mass is 541 g/mol. The predicted molar refractivity (Wildman–Crippen MR) is 156 cm³/mol. The van der Waals surface area contributed by atoms with E-state index in [2.05, 4.69) is 62.2 Å². The van der Waals surface area contributed by atoms with E-state index in [1.54, 1.807) is 0 Å². The normalized spacial score (nSPS) is 20.9. The van der Waals surface area contributed by atoms with Crippen LogP contribution in [0.15, 0.2) is 48.5 Å². The van der Waals surface area contributed by atoms with Crippen molar-refractivity contribution >= 4 is 23.9 Å². The third-order valence-electron chi connectivity index (χ3n) is 8.49. The van der Waals surface area contributed by atoms with Crippen LogP contribution in [0.1, 0.15) is 42.4 Å². The quantitative estimate of drug-likeness (QED) is 0.330. The molecular weight excluding hydrogens is 502 g/mol. The van der Waals surface area contributed by atoms with E-state index in [0.717, 1.165) is 62.5 Å². The number of hydrogen-bond acceptors (Lipinski definition) is 6. The number of aryl methyl sites for hydroxylation is 1. The first-order valence-corrected chi connectivity index (χ1v) is 14.4. The van der Waals surface area contributed by atoms with Crippen LogP contribution < -0.4 is 10.2 Å². The van der Waals surface area contributed by atoms with Gasteiger partial charge in [-0.05, 0) is 61.6 Å². The summed E-state index contributed by atoms with van der Waals surface area (Å²) in [6, 6.07) is 16.8. The summed E-state index contributed by atoms with van der Waals surface area (Å²) >= 11 is 0. The molecule has 8 nitrogen and oxygen atoms in total. The number of rotatable bonds is 7. The summed E-state index contributed by atoms with van der Waals surface area (Å²) in [5.74, 6) is 5.95. The maximum atomic E-state index is 12.3. The van der Waals surface area contributed by atoms with Gasteiger partial charge in [-0.1, -0.05) is 36.1 Å². The van der Waals surface area contributed by atoms with Crippen molar-refractivity contribution in [1.82, 2.24) is 20.0 Å². The number of para-hydroxylation sites is 1. The Morgan fingerprint density at radius 2 is 1.73 bits per heavy atom. The van der Waals surface area contributed by atoms with Crippen LogP contribution >= 0.6 is 0 Å². The molecule has 3 aliphatic rings. The van der Waals surface area contributed by atoms with Gasteiger partial charge in [-0.15, -0.1) is 0 Å². The molecule has 0 radical (unpaired) electrons. The summed E-state index contributed by atoms with van der Waals surface area (Å²) in [6.45, 7) is 9.53. The average Bonchev–Trinajstić information content (AvgIpc) is 2.98. The molecule has 3 fully saturated rings. The van der Waals surface area contributed by atoms with Crippen LogP contribution in [0.5, 0.6) is 0 Å². The highest BCUT2D eigenvalue weighted by molar-refractivity contribution is 6.00. The highest BCUT2D eigenvalue weighted by Gasteiger charge is 2.31. The molecule has 5 rings (SSSR count). The molecule has 1 unspecified atom stereocenters. The van der Waals surface area contributed by atoms with Gasteiger partial charge >= 0.3 is 0 Å². The number of amides is 3. The molecule has 1 N–H and O–H groups in total. The van der Waals surface area contributed by atoms with Gasteiger partial charge in [0, 0.05) is 69.5 Å². The van der Waals surface area contributed by atoms with Crippen LogP contribution in [0, 0.1) is 18.8 Å². The second kappa shape index (κ2) is 13.1. The number of nitrogens with one attached hydrogen (secondary N) is 1. The lowest BCUT2D eigenvalue weighted by Gasteiger charge is -2.43. The molecule has 0 bridgehead atoms. The van der Waals surface area contributed by atoms with Gasteiger partial charge in [-0.2, -0.15) is 0 Å². The van der Waals surface area contributed by atoms with Gasteiger partial charge in [0.15, 0.2) is 0 Å². The van der Waals surface area contributed by atoms with Crippen molar-refractivity contribution in [2.45, 2.75) is 51.2 Å². The fourth-order valence-corrected chi connectivity index (χ4v) is 6.00. The molecule has 210 valence electrons. The molecule has 8 heteroatoms. The van der Waals surface area contributed by atoms with Crippen molar-refractivity contribution < 1.29 is 14.4 Å². The SMILES string of the molecule is Cc1ccc(C#CCN2CCN(C3CCN(c4ccccc4)CC3)CC2)cc1CN(C=O)C1CCC(=O)NC1=O. The number of benzene rings is 2. The number of hydrogen-bond donors (Lipinski definition) is 1. The molecule has 0 saturated carbocycles. The van der Waals surface area contributed by atoms with Gasteiger partial charge in [0.25, 0.3) is 0 Å². The largest absolute Gasteiger partial charge is 0.371 e. The van der Waals surface area contributed by atoms with E-state index in [9.17, 15) is 14.4 Å². The molecule has 2 aromatic rings. The molecule has 2 aromatic carbocycles. The molecule has 3 saturated heterocycles. The van der Waals surface area contributed by atoms with Gasteiger partial charge in [0.1, 0.15) is 6.04 Å². The lowest BCUT2D eigenvalue weighted by molar-refractivity contribution is -0.141. The fraction of sp³-hybridized carbons (Fsp3) is 0.469. The van der Waals surface area contributed by atoms with Crippen molar-refractivity contribution in [2.75, 3.05) is 50.7 Å². The third-order valence-corrected chi connectivity index (χ3v) is 8.49. The molecule has 3 amide bonds. The van der Waals surface area contributed by atoms with Gasteiger partial charge in [-0.3, -0.25) is 29.5 Å². The Morgan fingerprint density at radius 1 is 0.975 bits per heavy atom. The summed E-state index contributed by atoms with van der Waals surface area (Å²) < 4.78 is 0. The van der Waals surface area contributed by atoms with E-state index in [1.165, 1.54) is 23.4 Å². The van der Waals surface area contributed by atoms with Crippen LogP contribution in [0.4, 0.5) is 5.69 Å². The van der Waals surface area contributed by atoms with Crippen LogP contribution in [-0.4, -0.2) is 90.8 Å². The Hall–Kier alpha value is -3.67. The van der Waals surface area contributed by atoms with E-state index in [4.69, 9.17) is 0 Å². The first kappa shape index (κ1) is 27.9. The van der Waals surface area contributed by atoms with Crippen molar-refractivity contribution in [3.63, 3.8) is 0 Å². The van der Waals surface area contributed by atoms with Crippen molar-refractivity contribution in [1.29, 1.82) is 0 Å². The smallest absolute Gasteiger partial charge is 0.249 e. The zero-order chi connectivity index (χ0) is 27.9. The Kier molecular flexibility index (Phi) is 9.15. The number of piperazine rings is 1. The first-order valence-electron chi connectivity index (χ1n) is 14.4. The Balaban J connectivity index is 1.09. The highest BCUT2D eigenvalue weighted by Crippen LogP contribution is 2.23. The van der Waals surface area contributed by atoms with Crippen LogP contribution in [0.3, 0.4) is 0 Å². The second-order valence-electron chi connectivity index (χ2n) is 11.1. The van der Waals surface area contributed by atoms with Gasteiger partial charge < -0.3 is 9.80 Å². The molecule has 1 atom stereocenters. The van der Waals surface area contributed by atoms with Gasteiger partial charge in [-0.25, -0.2) is 0 Å². The van der Waals surface area contributed by atoms with Gasteiger partial charge in [0.2, 0.25) is 18.2 Å². The molecule has 0 aromatic heterocycles. The first-order chi connectivity index (χ1) is 19.5. The number of anilines is 1. The topological polar surface area (TPSA) is 76.2 Å². The lowest BCUT2D eigenvalue weighted by atomic mass is 10.0. The van der Waals surface area contributed by atoms with E-state index < -0.39 is 11.9 Å². The lowest BCUT2D eigenvalue weighted by Crippen LogP contribution is -2.53. The maximum absolute atomic E-state index is 12.3. The van der Waals surface area contributed by atoms with E-state index in [0.29, 0.717) is 25.4 Å². The third kappa shape index (κ3) is 6.90. The highest BCUT2D eigenvalue weighted by atomic mass is 16.2. The predicted octanol–water partition coefficient (Wildman–Crippen LogP) is 2.40. The minimum atomic E-state index is -0.626. The molecule has 0 aliphatic carbocycles. The number of carbonyl (C=O) groups excluding carboxylic acids is 3. The number of nitrogens with zero attached hydrogens (tertiary/aromatic N) is 4. The van der Waals surface area contributed by atoms with Crippen molar-refractivity contribution in [2.24, 2.45) is 0 Å². The minimum absolute atomic E-state index is 0.243. The van der Waals surface area contributed by atoms with E-state index in [-0.39, 0.29) is 12.3 Å². The molecular formula is C32H39N5O3. The Bertz CT molecular complexity index is 1250. The molecule has 40 heavy (non-hydrogen) atoms. The average molecular weight is 542 g/mol. The van der Waals surface area contributed by atoms with Crippen LogP contribution in [0.2, 0.25) is 0 Å². The standard InChI is InChI=1S/C32H39N5O3/c1-25-9-10-26(22-27(25)23-37(24-38)30-11-12-31(39)33-32(30)40)6-5-15-34-18-20-36(21-19-34)29-13-16-35(17-14-29)28-7-3-2-4-8-28/h2-4,7-10,22,24,29-30H,11-21,23H2,1H3,(H,33,39,40). The van der Waals surface area contributed by atoms with Crippen LogP contribution in [0.25, 0.3) is 0 Å². The summed E-state index contributed by atoms with van der Waals surface area (Å²) in [5.41, 5.74) is 4.23. The van der Waals surface area contributed by atoms with Crippen molar-refractivity contribution in [3.05, 3.63) is 65.2 Å². The number of carbonyl (C=O) groups is 3. The summed E-state index contributed by atoms with van der Waals surface area (Å²) in [6.07, 6.45) is 3.73. The van der Waals surface area contributed by atoms with Gasteiger partial charge in [0.05, 0.1) is 6.54 Å². The second-order valence-corrected chi connectivity index (χ2v) is 11.1.